The van der Waals surface area contributed by atoms with Gasteiger partial charge in [-0.1, -0.05) is 13.8 Å². The molecule has 1 saturated heterocycles. The van der Waals surface area contributed by atoms with Crippen LogP contribution in [0.3, 0.4) is 0 Å². The van der Waals surface area contributed by atoms with Crippen molar-refractivity contribution in [2.24, 2.45) is 11.6 Å². The van der Waals surface area contributed by atoms with Crippen LogP contribution in [0.25, 0.3) is 5.70 Å². The molecule has 168 valence electrons. The maximum Gasteiger partial charge on any atom is 0.175 e. The number of hydrogen-bond acceptors (Lipinski definition) is 8. The van der Waals surface area contributed by atoms with E-state index in [0.29, 0.717) is 5.56 Å². The van der Waals surface area contributed by atoms with Crippen molar-refractivity contribution < 1.29 is 8.78 Å². The van der Waals surface area contributed by atoms with Crippen LogP contribution in [-0.4, -0.2) is 48.4 Å². The zero-order valence-electron chi connectivity index (χ0n) is 18.0. The second kappa shape index (κ2) is 10.2. The highest BCUT2D eigenvalue weighted by Gasteiger charge is 2.19. The minimum absolute atomic E-state index is 0.149. The van der Waals surface area contributed by atoms with Gasteiger partial charge in [0, 0.05) is 49.4 Å². The van der Waals surface area contributed by atoms with E-state index in [-0.39, 0.29) is 22.3 Å². The largest absolute Gasteiger partial charge is 0.397 e. The number of benzene rings is 1. The first kappa shape index (κ1) is 23.1. The van der Waals surface area contributed by atoms with Crippen LogP contribution in [0.15, 0.2) is 36.8 Å². The number of hydrogen-bond donors (Lipinski definition) is 3. The van der Waals surface area contributed by atoms with Crippen LogP contribution in [-0.2, 0) is 0 Å². The van der Waals surface area contributed by atoms with Crippen LogP contribution in [0.2, 0.25) is 0 Å². The third kappa shape index (κ3) is 5.78. The van der Waals surface area contributed by atoms with E-state index >= 15 is 0 Å². The van der Waals surface area contributed by atoms with E-state index in [1.807, 2.05) is 19.9 Å². The maximum absolute atomic E-state index is 14.9. The Morgan fingerprint density at radius 2 is 1.94 bits per heavy atom. The lowest BCUT2D eigenvalue weighted by Crippen LogP contribution is -2.44. The molecule has 0 atom stereocenters. The van der Waals surface area contributed by atoms with Crippen molar-refractivity contribution in [3.8, 4) is 0 Å². The Morgan fingerprint density at radius 1 is 1.23 bits per heavy atom. The number of halogens is 2. The molecule has 0 aliphatic carbocycles. The average molecular weight is 450 g/mol. The fraction of sp³-hybridized carbons (Fsp3) is 0.381. The van der Waals surface area contributed by atoms with E-state index in [0.717, 1.165) is 36.9 Å². The predicted octanol–water partition coefficient (Wildman–Crippen LogP) is 3.22. The summed E-state index contributed by atoms with van der Waals surface area (Å²) < 4.78 is 32.2. The molecule has 1 aromatic carbocycles. The molecular formula is C21H29F2N7S. The number of pyridine rings is 1. The molecule has 1 aliphatic rings. The standard InChI is InChI=1S/C21H29F2N7S/c1-14(2)31-27-19-5-4-17(22)21(20(19)23)30(25)13-18(24)15-10-16(12-26-11-15)29-8-6-28(3)7-9-29/h4-5,10-14,27H,6-9,24-25H2,1-3H3/b18-13-. The van der Waals surface area contributed by atoms with E-state index in [1.165, 1.54) is 30.3 Å². The summed E-state index contributed by atoms with van der Waals surface area (Å²) in [6.07, 6.45) is 4.68. The SMILES string of the molecule is CC(C)SNc1ccc(F)c(N(N)/C=C(\N)c2cncc(N3CCN(C)CC3)c2)c1F. The number of likely N-dealkylation sites (N-methyl/N-ethyl adjacent to an activating group) is 1. The number of piperazine rings is 1. The Hall–Kier alpha value is -2.56. The van der Waals surface area contributed by atoms with Gasteiger partial charge in [0.15, 0.2) is 11.6 Å². The minimum Gasteiger partial charge on any atom is -0.397 e. The van der Waals surface area contributed by atoms with E-state index < -0.39 is 11.6 Å². The molecule has 1 aliphatic heterocycles. The number of aromatic nitrogens is 1. The Balaban J connectivity index is 1.82. The number of hydrazine groups is 1. The molecule has 0 amide bonds. The fourth-order valence-electron chi connectivity index (χ4n) is 3.15. The van der Waals surface area contributed by atoms with Crippen molar-refractivity contribution in [1.82, 2.24) is 9.88 Å². The van der Waals surface area contributed by atoms with Gasteiger partial charge in [0.2, 0.25) is 0 Å². The van der Waals surface area contributed by atoms with E-state index in [2.05, 4.69) is 26.6 Å². The van der Waals surface area contributed by atoms with Crippen molar-refractivity contribution >= 4 is 34.7 Å². The molecule has 0 spiro atoms. The van der Waals surface area contributed by atoms with Gasteiger partial charge in [-0.25, -0.2) is 14.6 Å². The fourth-order valence-corrected chi connectivity index (χ4v) is 3.67. The summed E-state index contributed by atoms with van der Waals surface area (Å²) in [6, 6.07) is 4.41. The van der Waals surface area contributed by atoms with Crippen molar-refractivity contribution in [2.45, 2.75) is 19.1 Å². The van der Waals surface area contributed by atoms with Gasteiger partial charge in [0.25, 0.3) is 0 Å². The molecule has 10 heteroatoms. The first-order chi connectivity index (χ1) is 14.8. The van der Waals surface area contributed by atoms with Gasteiger partial charge in [-0.05, 0) is 37.2 Å². The quantitative estimate of drug-likeness (QED) is 0.338. The number of rotatable bonds is 7. The van der Waals surface area contributed by atoms with Crippen LogP contribution in [0, 0.1) is 11.6 Å². The van der Waals surface area contributed by atoms with E-state index in [9.17, 15) is 8.78 Å². The Labute approximate surface area is 186 Å². The minimum atomic E-state index is -0.788. The predicted molar refractivity (Wildman–Crippen MR) is 125 cm³/mol. The first-order valence-electron chi connectivity index (χ1n) is 10.1. The van der Waals surface area contributed by atoms with Crippen LogP contribution in [0.1, 0.15) is 19.4 Å². The summed E-state index contributed by atoms with van der Waals surface area (Å²) in [6.45, 7) is 7.62. The van der Waals surface area contributed by atoms with Crippen molar-refractivity contribution in [3.63, 3.8) is 0 Å². The van der Waals surface area contributed by atoms with Gasteiger partial charge in [0.1, 0.15) is 5.69 Å². The summed E-state index contributed by atoms with van der Waals surface area (Å²) in [7, 11) is 2.09. The number of nitrogens with zero attached hydrogens (tertiary/aromatic N) is 4. The topological polar surface area (TPSA) is 86.7 Å². The average Bonchev–Trinajstić information content (AvgIpc) is 2.73. The lowest BCUT2D eigenvalue weighted by Gasteiger charge is -2.34. The highest BCUT2D eigenvalue weighted by Crippen LogP contribution is 2.30. The van der Waals surface area contributed by atoms with Crippen LogP contribution < -0.4 is 26.2 Å². The van der Waals surface area contributed by atoms with Gasteiger partial charge in [0.05, 0.1) is 23.3 Å². The van der Waals surface area contributed by atoms with E-state index in [4.69, 9.17) is 11.6 Å². The smallest absolute Gasteiger partial charge is 0.175 e. The van der Waals surface area contributed by atoms with Crippen LogP contribution in [0.5, 0.6) is 0 Å². The summed E-state index contributed by atoms with van der Waals surface area (Å²) in [5, 5.41) is 1.09. The third-order valence-corrected chi connectivity index (χ3v) is 5.74. The number of nitrogens with one attached hydrogen (secondary N) is 1. The molecule has 0 radical (unpaired) electrons. The van der Waals surface area contributed by atoms with Gasteiger partial charge < -0.3 is 20.3 Å². The summed E-state index contributed by atoms with van der Waals surface area (Å²) in [5.41, 5.74) is 7.78. The summed E-state index contributed by atoms with van der Waals surface area (Å²) in [5.74, 6) is 4.41. The van der Waals surface area contributed by atoms with Gasteiger partial charge in [-0.2, -0.15) is 0 Å². The molecule has 31 heavy (non-hydrogen) atoms. The second-order valence-corrected chi connectivity index (χ2v) is 9.12. The van der Waals surface area contributed by atoms with Crippen LogP contribution >= 0.6 is 11.9 Å². The third-order valence-electron chi connectivity index (χ3n) is 4.93. The maximum atomic E-state index is 14.9. The Morgan fingerprint density at radius 3 is 2.61 bits per heavy atom. The van der Waals surface area contributed by atoms with Crippen molar-refractivity contribution in [2.75, 3.05) is 47.9 Å². The van der Waals surface area contributed by atoms with Crippen molar-refractivity contribution in [3.05, 3.63) is 54.0 Å². The highest BCUT2D eigenvalue weighted by molar-refractivity contribution is 8.01. The van der Waals surface area contributed by atoms with Gasteiger partial charge >= 0.3 is 0 Å². The highest BCUT2D eigenvalue weighted by atomic mass is 32.2. The summed E-state index contributed by atoms with van der Waals surface area (Å²) in [4.78, 5) is 8.76. The molecule has 1 aromatic heterocycles. The molecular weight excluding hydrogens is 420 g/mol. The molecule has 3 rings (SSSR count). The second-order valence-electron chi connectivity index (χ2n) is 7.74. The molecule has 0 bridgehead atoms. The molecule has 2 heterocycles. The van der Waals surface area contributed by atoms with E-state index in [1.54, 1.807) is 12.4 Å². The lowest BCUT2D eigenvalue weighted by atomic mass is 10.2. The molecule has 5 N–H and O–H groups in total. The zero-order valence-corrected chi connectivity index (χ0v) is 18.8. The number of nitrogens with two attached hydrogens (primary N) is 2. The van der Waals surface area contributed by atoms with Crippen LogP contribution in [0.4, 0.5) is 25.8 Å². The van der Waals surface area contributed by atoms with Gasteiger partial charge in [-0.15, -0.1) is 0 Å². The normalized spacial score (nSPS) is 15.5. The lowest BCUT2D eigenvalue weighted by molar-refractivity contribution is 0.313. The monoisotopic (exact) mass is 449 g/mol. The van der Waals surface area contributed by atoms with Crippen molar-refractivity contribution in [1.29, 1.82) is 0 Å². The molecule has 0 saturated carbocycles. The summed E-state index contributed by atoms with van der Waals surface area (Å²) >= 11 is 1.32. The Bertz CT molecular complexity index is 930. The molecule has 0 unspecified atom stereocenters. The molecule has 2 aromatic rings. The zero-order chi connectivity index (χ0) is 22.5. The van der Waals surface area contributed by atoms with Gasteiger partial charge in [-0.3, -0.25) is 9.99 Å². The molecule has 1 fully saturated rings. The Kier molecular flexibility index (Phi) is 7.58. The first-order valence-corrected chi connectivity index (χ1v) is 10.9. The molecule has 7 nitrogen and oxygen atoms in total. The number of anilines is 3.